The first-order valence-electron chi connectivity index (χ1n) is 4.67. The Balaban J connectivity index is 2.38. The van der Waals surface area contributed by atoms with Crippen molar-refractivity contribution in [2.24, 2.45) is 0 Å². The Bertz CT molecular complexity index is 388. The van der Waals surface area contributed by atoms with Crippen LogP contribution in [0.25, 0.3) is 0 Å². The summed E-state index contributed by atoms with van der Waals surface area (Å²) in [6, 6.07) is 21.6. The van der Waals surface area contributed by atoms with Gasteiger partial charge in [-0.2, -0.15) is 0 Å². The van der Waals surface area contributed by atoms with E-state index in [1.807, 2.05) is 20.0 Å². The molecule has 0 aromatic heterocycles. The molecular formula is C12H10NbP2. The molecule has 0 nitrogen and oxygen atoms in total. The average molecular weight is 309 g/mol. The summed E-state index contributed by atoms with van der Waals surface area (Å²) in [5, 5.41) is 2.95. The topological polar surface area (TPSA) is 0 Å². The molecule has 0 atom stereocenters. The molecule has 2 aromatic carbocycles. The molecular weight excluding hydrogens is 299 g/mol. The van der Waals surface area contributed by atoms with Crippen LogP contribution in [0, 0.1) is 0 Å². The van der Waals surface area contributed by atoms with Crippen LogP contribution in [0.5, 0.6) is 0 Å². The first kappa shape index (κ1) is 11.4. The van der Waals surface area contributed by atoms with Gasteiger partial charge in [-0.15, -0.1) is 0 Å². The van der Waals surface area contributed by atoms with E-state index in [0.717, 1.165) is 0 Å². The second-order valence-corrected chi connectivity index (χ2v) is 10.6. The summed E-state index contributed by atoms with van der Waals surface area (Å²) in [6.07, 6.45) is 0. The maximum absolute atomic E-state index is 2.24. The monoisotopic (exact) mass is 309 g/mol. The fourth-order valence-electron chi connectivity index (χ4n) is 1.39. The summed E-state index contributed by atoms with van der Waals surface area (Å²) >= 11 is 1.88. The predicted octanol–water partition coefficient (Wildman–Crippen LogP) is 3.44. The van der Waals surface area contributed by atoms with Gasteiger partial charge in [0, 0.05) is 0 Å². The summed E-state index contributed by atoms with van der Waals surface area (Å²) in [5.41, 5.74) is 1.50. The third-order valence-corrected chi connectivity index (χ3v) is 9.72. The molecule has 0 fully saturated rings. The van der Waals surface area contributed by atoms with Crippen molar-refractivity contribution in [1.82, 2.24) is 0 Å². The van der Waals surface area contributed by atoms with E-state index in [-0.39, 0.29) is 7.61 Å². The minimum atomic E-state index is -0.154. The van der Waals surface area contributed by atoms with Crippen molar-refractivity contribution in [2.75, 3.05) is 0 Å². The molecule has 0 unspecified atom stereocenters. The fraction of sp³-hybridized carbons (Fsp3) is 0. The summed E-state index contributed by atoms with van der Waals surface area (Å²) in [6.45, 7) is 0. The molecule has 0 aliphatic heterocycles. The molecule has 0 aliphatic carbocycles. The summed E-state index contributed by atoms with van der Waals surface area (Å²) in [4.78, 5) is 0. The van der Waals surface area contributed by atoms with Crippen LogP contribution >= 0.6 is 13.3 Å². The van der Waals surface area contributed by atoms with E-state index >= 15 is 0 Å². The molecule has 0 aliphatic rings. The Morgan fingerprint density at radius 3 is 1.47 bits per heavy atom. The quantitative estimate of drug-likeness (QED) is 0.602. The van der Waals surface area contributed by atoms with Crippen LogP contribution in [0.15, 0.2) is 60.7 Å². The van der Waals surface area contributed by atoms with Gasteiger partial charge < -0.3 is 0 Å². The first-order chi connectivity index (χ1) is 7.42. The van der Waals surface area contributed by atoms with Crippen molar-refractivity contribution in [1.29, 1.82) is 0 Å². The van der Waals surface area contributed by atoms with Crippen LogP contribution in [-0.2, 0) is 20.0 Å². The van der Waals surface area contributed by atoms with Crippen LogP contribution in [-0.4, -0.2) is 0 Å². The Labute approximate surface area is 104 Å². The van der Waals surface area contributed by atoms with Crippen LogP contribution < -0.4 is 10.6 Å². The molecule has 0 saturated carbocycles. The molecule has 2 aromatic rings. The van der Waals surface area contributed by atoms with Gasteiger partial charge in [-0.25, -0.2) is 0 Å². The van der Waals surface area contributed by atoms with Crippen LogP contribution in [0.4, 0.5) is 0 Å². The van der Waals surface area contributed by atoms with E-state index in [9.17, 15) is 0 Å². The third-order valence-electron chi connectivity index (χ3n) is 2.09. The van der Waals surface area contributed by atoms with Gasteiger partial charge in [0.2, 0.25) is 0 Å². The van der Waals surface area contributed by atoms with Crippen molar-refractivity contribution < 1.29 is 20.0 Å². The van der Waals surface area contributed by atoms with Gasteiger partial charge in [-0.3, -0.25) is 0 Å². The van der Waals surface area contributed by atoms with Crippen LogP contribution in [0.1, 0.15) is 0 Å². The average Bonchev–Trinajstić information content (AvgIpc) is 2.33. The third kappa shape index (κ3) is 2.94. The zero-order valence-electron chi connectivity index (χ0n) is 8.12. The van der Waals surface area contributed by atoms with Crippen molar-refractivity contribution in [3.63, 3.8) is 0 Å². The molecule has 73 valence electrons. The van der Waals surface area contributed by atoms with E-state index in [0.29, 0.717) is 0 Å². The number of rotatable bonds is 3. The minimum absolute atomic E-state index is 0.154. The number of hydrogen-bond acceptors (Lipinski definition) is 0. The van der Waals surface area contributed by atoms with Crippen LogP contribution in [0.3, 0.4) is 0 Å². The normalized spacial score (nSPS) is 10.7. The molecule has 0 radical (unpaired) electrons. The second kappa shape index (κ2) is 5.85. The van der Waals surface area contributed by atoms with E-state index < -0.39 is 0 Å². The Kier molecular flexibility index (Phi) is 4.44. The molecule has 0 heterocycles. The van der Waals surface area contributed by atoms with Gasteiger partial charge in [0.05, 0.1) is 0 Å². The molecule has 0 spiro atoms. The predicted molar refractivity (Wildman–Crippen MR) is 66.0 cm³/mol. The van der Waals surface area contributed by atoms with Gasteiger partial charge in [0.15, 0.2) is 0 Å². The van der Waals surface area contributed by atoms with Crippen LogP contribution in [0.2, 0.25) is 0 Å². The Hall–Kier alpha value is -0.0897. The van der Waals surface area contributed by atoms with Crippen molar-refractivity contribution in [3.05, 3.63) is 60.7 Å². The van der Waals surface area contributed by atoms with Gasteiger partial charge in [-0.05, 0) is 0 Å². The number of hydrogen-bond donors (Lipinski definition) is 0. The molecule has 0 bridgehead atoms. The van der Waals surface area contributed by atoms with Gasteiger partial charge >= 0.3 is 105 Å². The zero-order valence-corrected chi connectivity index (χ0v) is 12.1. The van der Waals surface area contributed by atoms with Gasteiger partial charge in [0.1, 0.15) is 0 Å². The molecule has 15 heavy (non-hydrogen) atoms. The van der Waals surface area contributed by atoms with E-state index in [4.69, 9.17) is 0 Å². The molecule has 3 heteroatoms. The summed E-state index contributed by atoms with van der Waals surface area (Å²) in [5.74, 6) is 0. The molecule has 0 N–H and O–H groups in total. The number of benzene rings is 2. The van der Waals surface area contributed by atoms with Crippen molar-refractivity contribution >= 4 is 23.9 Å². The van der Waals surface area contributed by atoms with E-state index in [2.05, 4.69) is 60.7 Å². The molecule has 0 amide bonds. The van der Waals surface area contributed by atoms with E-state index in [1.54, 1.807) is 0 Å². The SMILES string of the molecule is [Nb]=[P]P(c1ccccc1)c1ccccc1. The van der Waals surface area contributed by atoms with Gasteiger partial charge in [0.25, 0.3) is 0 Å². The van der Waals surface area contributed by atoms with Crippen molar-refractivity contribution in [2.45, 2.75) is 0 Å². The summed E-state index contributed by atoms with van der Waals surface area (Å²) in [7, 11) is -0.154. The molecule has 2 rings (SSSR count). The molecule has 0 saturated heterocycles. The van der Waals surface area contributed by atoms with E-state index in [1.165, 1.54) is 16.3 Å². The summed E-state index contributed by atoms with van der Waals surface area (Å²) < 4.78 is 0. The first-order valence-corrected chi connectivity index (χ1v) is 10.5. The van der Waals surface area contributed by atoms with Gasteiger partial charge in [-0.1, -0.05) is 0 Å². The Morgan fingerprint density at radius 1 is 0.733 bits per heavy atom. The zero-order chi connectivity index (χ0) is 10.5. The standard InChI is InChI=1S/C12H10P2.Nb/c13-14(11-7-3-1-4-8-11)12-9-5-2-6-10-12;/h1-10H;. The second-order valence-electron chi connectivity index (χ2n) is 3.07. The fourth-order valence-corrected chi connectivity index (χ4v) is 8.79. The Morgan fingerprint density at radius 2 is 1.13 bits per heavy atom. The maximum atomic E-state index is 2.24. The van der Waals surface area contributed by atoms with Crippen molar-refractivity contribution in [3.8, 4) is 0 Å².